The van der Waals surface area contributed by atoms with Crippen LogP contribution in [-0.4, -0.2) is 48.8 Å². The van der Waals surface area contributed by atoms with Crippen LogP contribution in [0.25, 0.3) is 0 Å². The fourth-order valence-electron chi connectivity index (χ4n) is 2.54. The van der Waals surface area contributed by atoms with Crippen molar-refractivity contribution < 1.29 is 9.90 Å². The third-order valence-electron chi connectivity index (χ3n) is 4.14. The first-order chi connectivity index (χ1) is 10.5. The van der Waals surface area contributed by atoms with Crippen LogP contribution in [0.5, 0.6) is 0 Å². The van der Waals surface area contributed by atoms with Crippen molar-refractivity contribution in [3.05, 3.63) is 23.2 Å². The molecule has 122 valence electrons. The molecule has 0 bridgehead atoms. The molecule has 5 nitrogen and oxygen atoms in total. The Morgan fingerprint density at radius 1 is 1.41 bits per heavy atom. The average Bonchev–Trinajstić information content (AvgIpc) is 2.54. The van der Waals surface area contributed by atoms with E-state index >= 15 is 0 Å². The maximum Gasteiger partial charge on any atom is 0.321 e. The highest BCUT2D eigenvalue weighted by Crippen LogP contribution is 2.31. The molecule has 0 aliphatic carbocycles. The lowest BCUT2D eigenvalue weighted by molar-refractivity contribution is 0.166. The molecule has 22 heavy (non-hydrogen) atoms. The van der Waals surface area contributed by atoms with Crippen molar-refractivity contribution in [2.24, 2.45) is 0 Å². The number of halogens is 1. The highest BCUT2D eigenvalue weighted by atomic mass is 35.5. The lowest BCUT2D eigenvalue weighted by atomic mass is 10.1. The lowest BCUT2D eigenvalue weighted by Gasteiger charge is -2.31. The Bertz CT molecular complexity index is 518. The van der Waals surface area contributed by atoms with E-state index in [2.05, 4.69) is 10.2 Å². The summed E-state index contributed by atoms with van der Waals surface area (Å²) in [5, 5.41) is 12.7. The Balaban J connectivity index is 2.18. The summed E-state index contributed by atoms with van der Waals surface area (Å²) in [5.74, 6) is 0. The zero-order valence-electron chi connectivity index (χ0n) is 13.2. The first-order valence-corrected chi connectivity index (χ1v) is 8.10. The van der Waals surface area contributed by atoms with Crippen molar-refractivity contribution >= 4 is 29.0 Å². The Morgan fingerprint density at radius 2 is 2.09 bits per heavy atom. The molecular weight excluding hydrogens is 302 g/mol. The van der Waals surface area contributed by atoms with Gasteiger partial charge in [-0.1, -0.05) is 11.6 Å². The minimum atomic E-state index is -0.248. The molecule has 0 radical (unpaired) electrons. The maximum atomic E-state index is 12.3. The molecule has 1 aromatic carbocycles. The number of likely N-dealkylation sites (N-methyl/N-ethyl adjacent to an activating group) is 1. The van der Waals surface area contributed by atoms with E-state index in [1.54, 1.807) is 20.0 Å². The summed E-state index contributed by atoms with van der Waals surface area (Å²) in [6, 6.07) is 5.10. The Hall–Kier alpha value is -1.46. The van der Waals surface area contributed by atoms with Crippen LogP contribution in [0, 0.1) is 0 Å². The van der Waals surface area contributed by atoms with Crippen molar-refractivity contribution in [3.63, 3.8) is 0 Å². The highest BCUT2D eigenvalue weighted by molar-refractivity contribution is 6.31. The fraction of sp³-hybridized carbons (Fsp3) is 0.562. The summed E-state index contributed by atoms with van der Waals surface area (Å²) < 4.78 is 0. The van der Waals surface area contributed by atoms with Gasteiger partial charge in [-0.2, -0.15) is 0 Å². The number of hydrogen-bond donors (Lipinski definition) is 2. The van der Waals surface area contributed by atoms with Gasteiger partial charge < -0.3 is 20.2 Å². The van der Waals surface area contributed by atoms with Crippen LogP contribution in [0.15, 0.2) is 18.2 Å². The number of carbonyl (C=O) groups is 1. The molecule has 1 saturated heterocycles. The molecule has 1 fully saturated rings. The van der Waals surface area contributed by atoms with Crippen molar-refractivity contribution in [1.82, 2.24) is 4.90 Å². The average molecular weight is 326 g/mol. The molecule has 6 heteroatoms. The number of urea groups is 1. The van der Waals surface area contributed by atoms with E-state index in [9.17, 15) is 9.90 Å². The van der Waals surface area contributed by atoms with Crippen molar-refractivity contribution in [1.29, 1.82) is 0 Å². The van der Waals surface area contributed by atoms with Crippen molar-refractivity contribution in [2.45, 2.75) is 32.2 Å². The number of benzene rings is 1. The predicted octanol–water partition coefficient (Wildman–Crippen LogP) is 3.17. The number of aliphatic hydroxyl groups is 1. The van der Waals surface area contributed by atoms with Gasteiger partial charge in [0, 0.05) is 25.2 Å². The molecular formula is C16H24ClN3O2. The molecule has 1 atom stereocenters. The number of nitrogens with one attached hydrogen (secondary N) is 1. The number of amides is 2. The molecule has 0 saturated carbocycles. The van der Waals surface area contributed by atoms with Crippen molar-refractivity contribution in [2.75, 3.05) is 37.0 Å². The summed E-state index contributed by atoms with van der Waals surface area (Å²) in [7, 11) is 1.67. The quantitative estimate of drug-likeness (QED) is 0.894. The third kappa shape index (κ3) is 4.05. The van der Waals surface area contributed by atoms with Gasteiger partial charge in [0.2, 0.25) is 0 Å². The zero-order valence-corrected chi connectivity index (χ0v) is 13.9. The van der Waals surface area contributed by atoms with Crippen LogP contribution in [0.1, 0.15) is 26.2 Å². The Kier molecular flexibility index (Phi) is 5.91. The minimum absolute atomic E-state index is 0.0710. The molecule has 2 amide bonds. The summed E-state index contributed by atoms with van der Waals surface area (Å²) in [6.45, 7) is 3.71. The normalized spacial score (nSPS) is 16.3. The molecule has 1 aliphatic heterocycles. The Morgan fingerprint density at radius 3 is 2.73 bits per heavy atom. The first-order valence-electron chi connectivity index (χ1n) is 7.72. The molecule has 0 spiro atoms. The summed E-state index contributed by atoms with van der Waals surface area (Å²) in [4.78, 5) is 16.1. The monoisotopic (exact) mass is 325 g/mol. The number of anilines is 2. The topological polar surface area (TPSA) is 55.8 Å². The van der Waals surface area contributed by atoms with Gasteiger partial charge in [0.05, 0.1) is 24.0 Å². The molecule has 0 aromatic heterocycles. The number of hydrogen-bond acceptors (Lipinski definition) is 3. The van der Waals surface area contributed by atoms with E-state index in [1.165, 1.54) is 11.3 Å². The van der Waals surface area contributed by atoms with Gasteiger partial charge in [-0.3, -0.25) is 0 Å². The summed E-state index contributed by atoms with van der Waals surface area (Å²) >= 11 is 6.09. The number of carbonyl (C=O) groups excluding carboxylic acids is 1. The Labute approximate surface area is 136 Å². The van der Waals surface area contributed by atoms with Crippen molar-refractivity contribution in [3.8, 4) is 0 Å². The summed E-state index contributed by atoms with van der Waals surface area (Å²) in [5.41, 5.74) is 1.72. The summed E-state index contributed by atoms with van der Waals surface area (Å²) in [6.07, 6.45) is 3.58. The molecule has 2 N–H and O–H groups in total. The second-order valence-corrected chi connectivity index (χ2v) is 6.22. The molecule has 1 heterocycles. The highest BCUT2D eigenvalue weighted by Gasteiger charge is 2.19. The van der Waals surface area contributed by atoms with E-state index in [4.69, 9.17) is 11.6 Å². The third-order valence-corrected chi connectivity index (χ3v) is 4.38. The van der Waals surface area contributed by atoms with Gasteiger partial charge in [-0.15, -0.1) is 0 Å². The van der Waals surface area contributed by atoms with Gasteiger partial charge >= 0.3 is 6.03 Å². The fourth-order valence-corrected chi connectivity index (χ4v) is 2.72. The molecule has 1 unspecified atom stereocenters. The molecule has 1 aliphatic rings. The second-order valence-electron chi connectivity index (χ2n) is 5.78. The number of nitrogens with zero attached hydrogens (tertiary/aromatic N) is 2. The van der Waals surface area contributed by atoms with E-state index in [0.717, 1.165) is 37.3 Å². The van der Waals surface area contributed by atoms with Gasteiger partial charge in [0.1, 0.15) is 0 Å². The number of piperidine rings is 1. The standard InChI is InChI=1S/C16H24ClN3O2/c1-12(11-21)19(2)16(22)18-14-10-13(17)6-7-15(14)20-8-4-3-5-9-20/h6-7,10,12,21H,3-5,8-9,11H2,1-2H3,(H,18,22). The van der Waals surface area contributed by atoms with Crippen LogP contribution in [0.2, 0.25) is 5.02 Å². The van der Waals surface area contributed by atoms with Gasteiger partial charge in [-0.25, -0.2) is 4.79 Å². The minimum Gasteiger partial charge on any atom is -0.394 e. The van der Waals surface area contributed by atoms with Gasteiger partial charge in [-0.05, 0) is 44.4 Å². The van der Waals surface area contributed by atoms with E-state index in [0.29, 0.717) is 5.02 Å². The predicted molar refractivity (Wildman–Crippen MR) is 90.8 cm³/mol. The van der Waals surface area contributed by atoms with Gasteiger partial charge in [0.15, 0.2) is 0 Å². The van der Waals surface area contributed by atoms with Crippen LogP contribution in [0.3, 0.4) is 0 Å². The smallest absolute Gasteiger partial charge is 0.321 e. The second kappa shape index (κ2) is 7.70. The maximum absolute atomic E-state index is 12.3. The first kappa shape index (κ1) is 16.9. The van der Waals surface area contributed by atoms with Gasteiger partial charge in [0.25, 0.3) is 0 Å². The van der Waals surface area contributed by atoms with E-state index in [-0.39, 0.29) is 18.7 Å². The van der Waals surface area contributed by atoms with Crippen LogP contribution in [0.4, 0.5) is 16.2 Å². The molecule has 2 rings (SSSR count). The van der Waals surface area contributed by atoms with E-state index < -0.39 is 0 Å². The largest absolute Gasteiger partial charge is 0.394 e. The van der Waals surface area contributed by atoms with Crippen LogP contribution in [-0.2, 0) is 0 Å². The number of rotatable bonds is 4. The molecule has 1 aromatic rings. The van der Waals surface area contributed by atoms with Crippen LogP contribution < -0.4 is 10.2 Å². The zero-order chi connectivity index (χ0) is 16.1. The SMILES string of the molecule is CC(CO)N(C)C(=O)Nc1cc(Cl)ccc1N1CCCCC1. The van der Waals surface area contributed by atoms with Crippen LogP contribution >= 0.6 is 11.6 Å². The lowest BCUT2D eigenvalue weighted by Crippen LogP contribution is -2.40. The van der Waals surface area contributed by atoms with E-state index in [1.807, 2.05) is 12.1 Å². The number of aliphatic hydroxyl groups excluding tert-OH is 1.